The second-order valence-corrected chi connectivity index (χ2v) is 4.48. The van der Waals surface area contributed by atoms with Crippen molar-refractivity contribution in [2.45, 2.75) is 6.42 Å². The molecule has 0 radical (unpaired) electrons. The topological polar surface area (TPSA) is 78.9 Å². The van der Waals surface area contributed by atoms with E-state index >= 15 is 0 Å². The van der Waals surface area contributed by atoms with Crippen molar-refractivity contribution >= 4 is 23.6 Å². The van der Waals surface area contributed by atoms with E-state index in [-0.39, 0.29) is 25.6 Å². The minimum absolute atomic E-state index is 0.0833. The lowest BCUT2D eigenvalue weighted by Gasteiger charge is -2.17. The van der Waals surface area contributed by atoms with Crippen molar-refractivity contribution in [1.29, 1.82) is 0 Å². The predicted octanol–water partition coefficient (Wildman–Crippen LogP) is 1.83. The number of hydrogen-bond donors (Lipinski definition) is 2. The quantitative estimate of drug-likeness (QED) is 0.753. The van der Waals surface area contributed by atoms with Crippen LogP contribution in [0, 0.1) is 0 Å². The molecule has 0 aliphatic carbocycles. The zero-order valence-corrected chi connectivity index (χ0v) is 11.9. The van der Waals surface area contributed by atoms with Crippen molar-refractivity contribution in [3.8, 4) is 5.75 Å². The van der Waals surface area contributed by atoms with Gasteiger partial charge in [0, 0.05) is 13.6 Å². The molecule has 20 heavy (non-hydrogen) atoms. The maximum atomic E-state index is 11.6. The Morgan fingerprint density at radius 1 is 1.40 bits per heavy atom. The fraction of sp³-hybridized carbons (Fsp3) is 0.385. The van der Waals surface area contributed by atoms with Gasteiger partial charge in [0.2, 0.25) is 0 Å². The maximum absolute atomic E-state index is 11.6. The van der Waals surface area contributed by atoms with Gasteiger partial charge in [-0.05, 0) is 12.1 Å². The van der Waals surface area contributed by atoms with Crippen LogP contribution in [-0.4, -0.2) is 48.8 Å². The number of urea groups is 1. The van der Waals surface area contributed by atoms with Gasteiger partial charge in [-0.1, -0.05) is 23.7 Å². The SMILES string of the molecule is CN(CCC(=O)O)C(=O)NCCOc1ccccc1Cl. The number of carboxylic acids is 1. The highest BCUT2D eigenvalue weighted by Crippen LogP contribution is 2.22. The minimum atomic E-state index is -0.938. The van der Waals surface area contributed by atoms with Crippen LogP contribution >= 0.6 is 11.6 Å². The van der Waals surface area contributed by atoms with Crippen LogP contribution in [0.2, 0.25) is 5.02 Å². The molecule has 2 amide bonds. The van der Waals surface area contributed by atoms with Gasteiger partial charge in [-0.25, -0.2) is 4.79 Å². The van der Waals surface area contributed by atoms with Gasteiger partial charge in [0.05, 0.1) is 18.0 Å². The number of nitrogens with zero attached hydrogens (tertiary/aromatic N) is 1. The van der Waals surface area contributed by atoms with Crippen LogP contribution in [0.5, 0.6) is 5.75 Å². The predicted molar refractivity (Wildman–Crippen MR) is 75.2 cm³/mol. The summed E-state index contributed by atoms with van der Waals surface area (Å²) in [6.45, 7) is 0.746. The van der Waals surface area contributed by atoms with Gasteiger partial charge in [-0.2, -0.15) is 0 Å². The van der Waals surface area contributed by atoms with Crippen molar-refractivity contribution in [1.82, 2.24) is 10.2 Å². The smallest absolute Gasteiger partial charge is 0.317 e. The number of rotatable bonds is 7. The molecule has 0 heterocycles. The molecule has 0 atom stereocenters. The molecular formula is C13H17ClN2O4. The Balaban J connectivity index is 2.22. The standard InChI is InChI=1S/C13H17ClN2O4/c1-16(8-6-12(17)18)13(19)15-7-9-20-11-5-3-2-4-10(11)14/h2-5H,6-9H2,1H3,(H,15,19)(H,17,18). The monoisotopic (exact) mass is 300 g/mol. The van der Waals surface area contributed by atoms with Gasteiger partial charge in [-0.3, -0.25) is 4.79 Å². The zero-order valence-electron chi connectivity index (χ0n) is 11.1. The third-order valence-electron chi connectivity index (χ3n) is 2.48. The van der Waals surface area contributed by atoms with Crippen molar-refractivity contribution in [3.63, 3.8) is 0 Å². The molecule has 7 heteroatoms. The molecule has 0 saturated carbocycles. The zero-order chi connectivity index (χ0) is 15.0. The molecular weight excluding hydrogens is 284 g/mol. The molecule has 2 N–H and O–H groups in total. The number of para-hydroxylation sites is 1. The summed E-state index contributed by atoms with van der Waals surface area (Å²) in [5.74, 6) is -0.380. The average Bonchev–Trinajstić information content (AvgIpc) is 2.42. The lowest BCUT2D eigenvalue weighted by molar-refractivity contribution is -0.137. The third kappa shape index (κ3) is 5.79. The maximum Gasteiger partial charge on any atom is 0.317 e. The largest absolute Gasteiger partial charge is 0.490 e. The van der Waals surface area contributed by atoms with Crippen molar-refractivity contribution in [2.75, 3.05) is 26.7 Å². The van der Waals surface area contributed by atoms with E-state index in [0.29, 0.717) is 17.3 Å². The molecule has 0 bridgehead atoms. The van der Waals surface area contributed by atoms with Gasteiger partial charge in [0.25, 0.3) is 0 Å². The van der Waals surface area contributed by atoms with Crippen LogP contribution < -0.4 is 10.1 Å². The Bertz CT molecular complexity index is 467. The van der Waals surface area contributed by atoms with Crippen LogP contribution in [0.1, 0.15) is 6.42 Å². The van der Waals surface area contributed by atoms with Crippen LogP contribution in [0.3, 0.4) is 0 Å². The second-order valence-electron chi connectivity index (χ2n) is 4.08. The Labute approximate surface area is 122 Å². The summed E-state index contributed by atoms with van der Waals surface area (Å²) in [4.78, 5) is 23.3. The molecule has 1 aromatic rings. The molecule has 1 aromatic carbocycles. The molecule has 0 saturated heterocycles. The van der Waals surface area contributed by atoms with E-state index in [9.17, 15) is 9.59 Å². The number of carbonyl (C=O) groups is 2. The van der Waals surface area contributed by atoms with E-state index in [4.69, 9.17) is 21.4 Å². The molecule has 1 rings (SSSR count). The number of ether oxygens (including phenoxy) is 1. The summed E-state index contributed by atoms with van der Waals surface area (Å²) in [5.41, 5.74) is 0. The van der Waals surface area contributed by atoms with Gasteiger partial charge in [0.1, 0.15) is 12.4 Å². The lowest BCUT2D eigenvalue weighted by atomic mass is 10.3. The van der Waals surface area contributed by atoms with Gasteiger partial charge < -0.3 is 20.1 Å². The van der Waals surface area contributed by atoms with E-state index < -0.39 is 5.97 Å². The number of hydrogen-bond acceptors (Lipinski definition) is 3. The summed E-state index contributed by atoms with van der Waals surface area (Å²) < 4.78 is 5.41. The lowest BCUT2D eigenvalue weighted by Crippen LogP contribution is -2.40. The molecule has 0 fully saturated rings. The summed E-state index contributed by atoms with van der Waals surface area (Å²) in [6, 6.07) is 6.72. The van der Waals surface area contributed by atoms with E-state index in [1.54, 1.807) is 24.3 Å². The third-order valence-corrected chi connectivity index (χ3v) is 2.79. The highest BCUT2D eigenvalue weighted by molar-refractivity contribution is 6.32. The molecule has 0 aliphatic rings. The summed E-state index contributed by atoms with van der Waals surface area (Å²) in [5, 5.41) is 11.7. The Hall–Kier alpha value is -1.95. The first-order valence-electron chi connectivity index (χ1n) is 6.09. The Morgan fingerprint density at radius 3 is 2.75 bits per heavy atom. The molecule has 0 unspecified atom stereocenters. The second kappa shape index (κ2) is 8.27. The number of aliphatic carboxylic acids is 1. The number of benzene rings is 1. The highest BCUT2D eigenvalue weighted by Gasteiger charge is 2.09. The Kier molecular flexibility index (Phi) is 6.66. The molecule has 110 valence electrons. The van der Waals surface area contributed by atoms with Gasteiger partial charge in [0.15, 0.2) is 0 Å². The fourth-order valence-corrected chi connectivity index (χ4v) is 1.57. The number of halogens is 1. The number of amides is 2. The first-order chi connectivity index (χ1) is 9.50. The van der Waals surface area contributed by atoms with E-state index in [1.165, 1.54) is 11.9 Å². The summed E-state index contributed by atoms with van der Waals surface area (Å²) in [7, 11) is 1.53. The average molecular weight is 301 g/mol. The van der Waals surface area contributed by atoms with Crippen molar-refractivity contribution < 1.29 is 19.4 Å². The van der Waals surface area contributed by atoms with Gasteiger partial charge >= 0.3 is 12.0 Å². The summed E-state index contributed by atoms with van der Waals surface area (Å²) >= 11 is 5.91. The van der Waals surface area contributed by atoms with Crippen molar-refractivity contribution in [2.24, 2.45) is 0 Å². The van der Waals surface area contributed by atoms with Crippen LogP contribution in [0.25, 0.3) is 0 Å². The van der Waals surface area contributed by atoms with Crippen molar-refractivity contribution in [3.05, 3.63) is 29.3 Å². The molecule has 0 aromatic heterocycles. The van der Waals surface area contributed by atoms with Crippen LogP contribution in [0.15, 0.2) is 24.3 Å². The first kappa shape index (κ1) is 16.1. The van der Waals surface area contributed by atoms with E-state index in [0.717, 1.165) is 0 Å². The van der Waals surface area contributed by atoms with E-state index in [1.807, 2.05) is 0 Å². The fourth-order valence-electron chi connectivity index (χ4n) is 1.38. The van der Waals surface area contributed by atoms with Gasteiger partial charge in [-0.15, -0.1) is 0 Å². The van der Waals surface area contributed by atoms with E-state index in [2.05, 4.69) is 5.32 Å². The van der Waals surface area contributed by atoms with Crippen LogP contribution in [0.4, 0.5) is 4.79 Å². The normalized spacial score (nSPS) is 9.90. The molecule has 0 aliphatic heterocycles. The molecule has 6 nitrogen and oxygen atoms in total. The summed E-state index contributed by atoms with van der Waals surface area (Å²) in [6.07, 6.45) is -0.0833. The number of carbonyl (C=O) groups excluding carboxylic acids is 1. The first-order valence-corrected chi connectivity index (χ1v) is 6.46. The molecule has 0 spiro atoms. The number of nitrogens with one attached hydrogen (secondary N) is 1. The number of carboxylic acid groups (broad SMARTS) is 1. The highest BCUT2D eigenvalue weighted by atomic mass is 35.5. The van der Waals surface area contributed by atoms with Crippen LogP contribution in [-0.2, 0) is 4.79 Å². The minimum Gasteiger partial charge on any atom is -0.490 e. The Morgan fingerprint density at radius 2 is 2.10 bits per heavy atom.